The van der Waals surface area contributed by atoms with E-state index in [0.29, 0.717) is 17.3 Å². The second-order valence-corrected chi connectivity index (χ2v) is 4.99. The summed E-state index contributed by atoms with van der Waals surface area (Å²) in [4.78, 5) is 15.5. The molecule has 0 atom stereocenters. The number of nitrogens with one attached hydrogen (secondary N) is 2. The minimum Gasteiger partial charge on any atom is -0.369 e. The van der Waals surface area contributed by atoms with Gasteiger partial charge in [0, 0.05) is 23.9 Å². The summed E-state index contributed by atoms with van der Waals surface area (Å²) in [5.74, 6) is 1.31. The quantitative estimate of drug-likeness (QED) is 0.794. The zero-order chi connectivity index (χ0) is 13.9. The van der Waals surface area contributed by atoms with Gasteiger partial charge in [-0.25, -0.2) is 19.3 Å². The van der Waals surface area contributed by atoms with Crippen LogP contribution in [0.25, 0.3) is 5.65 Å². The van der Waals surface area contributed by atoms with Crippen molar-refractivity contribution < 1.29 is 0 Å². The smallest absolute Gasteiger partial charge is 0.348 e. The van der Waals surface area contributed by atoms with E-state index in [0.717, 1.165) is 19.4 Å². The van der Waals surface area contributed by atoms with Gasteiger partial charge in [-0.2, -0.15) is 5.10 Å². The molecule has 0 saturated heterocycles. The molecule has 0 bridgehead atoms. The third-order valence-electron chi connectivity index (χ3n) is 3.74. The highest BCUT2D eigenvalue weighted by Gasteiger charge is 2.24. The average Bonchev–Trinajstić information content (AvgIpc) is 2.82. The van der Waals surface area contributed by atoms with Crippen molar-refractivity contribution in [2.24, 2.45) is 5.41 Å². The summed E-state index contributed by atoms with van der Waals surface area (Å²) in [6.45, 7) is 5.02. The Hall–Kier alpha value is -1.56. The highest BCUT2D eigenvalue weighted by atomic mass is 35.5. The van der Waals surface area contributed by atoms with Crippen LogP contribution in [0.15, 0.2) is 17.2 Å². The first-order valence-electron chi connectivity index (χ1n) is 6.37. The van der Waals surface area contributed by atoms with E-state index in [4.69, 9.17) is 11.6 Å². The van der Waals surface area contributed by atoms with E-state index in [-0.39, 0.29) is 11.1 Å². The van der Waals surface area contributed by atoms with Gasteiger partial charge in [-0.15, -0.1) is 11.6 Å². The molecule has 0 unspecified atom stereocenters. The highest BCUT2D eigenvalue weighted by molar-refractivity contribution is 6.18. The van der Waals surface area contributed by atoms with E-state index < -0.39 is 0 Å². The van der Waals surface area contributed by atoms with Crippen LogP contribution in [0.3, 0.4) is 0 Å². The van der Waals surface area contributed by atoms with Crippen LogP contribution in [0.4, 0.5) is 5.82 Å². The summed E-state index contributed by atoms with van der Waals surface area (Å²) >= 11 is 6.07. The molecule has 0 amide bonds. The van der Waals surface area contributed by atoms with E-state index in [1.165, 1.54) is 10.7 Å². The third kappa shape index (κ3) is 2.73. The van der Waals surface area contributed by atoms with Gasteiger partial charge in [0.15, 0.2) is 5.65 Å². The number of H-pyrrole nitrogens is 1. The molecule has 19 heavy (non-hydrogen) atoms. The Kier molecular flexibility index (Phi) is 4.09. The molecule has 0 fully saturated rings. The van der Waals surface area contributed by atoms with Crippen molar-refractivity contribution >= 4 is 23.1 Å². The molecular weight excluding hydrogens is 266 g/mol. The molecular formula is C12H18ClN5O. The zero-order valence-electron chi connectivity index (χ0n) is 11.1. The van der Waals surface area contributed by atoms with Crippen LogP contribution in [0.2, 0.25) is 0 Å². The van der Waals surface area contributed by atoms with Crippen LogP contribution < -0.4 is 11.0 Å². The van der Waals surface area contributed by atoms with Gasteiger partial charge in [0.2, 0.25) is 0 Å². The van der Waals surface area contributed by atoms with Gasteiger partial charge >= 0.3 is 5.69 Å². The van der Waals surface area contributed by atoms with Crippen molar-refractivity contribution in [1.82, 2.24) is 19.6 Å². The second-order valence-electron chi connectivity index (χ2n) is 4.73. The minimum absolute atomic E-state index is 0.0700. The molecule has 2 aromatic rings. The van der Waals surface area contributed by atoms with Crippen molar-refractivity contribution in [1.29, 1.82) is 0 Å². The molecule has 104 valence electrons. The number of nitrogens with zero attached hydrogens (tertiary/aromatic N) is 3. The third-order valence-corrected chi connectivity index (χ3v) is 4.30. The molecule has 0 radical (unpaired) electrons. The van der Waals surface area contributed by atoms with E-state index in [2.05, 4.69) is 34.3 Å². The van der Waals surface area contributed by atoms with Crippen molar-refractivity contribution in [3.63, 3.8) is 0 Å². The van der Waals surface area contributed by atoms with Crippen molar-refractivity contribution in [2.45, 2.75) is 26.7 Å². The molecule has 7 heteroatoms. The molecule has 6 nitrogen and oxygen atoms in total. The Morgan fingerprint density at radius 1 is 1.47 bits per heavy atom. The lowest BCUT2D eigenvalue weighted by Gasteiger charge is -2.29. The van der Waals surface area contributed by atoms with Gasteiger partial charge < -0.3 is 5.32 Å². The van der Waals surface area contributed by atoms with Crippen LogP contribution in [-0.2, 0) is 0 Å². The monoisotopic (exact) mass is 283 g/mol. The fraction of sp³-hybridized carbons (Fsp3) is 0.583. The first-order chi connectivity index (χ1) is 9.14. The average molecular weight is 284 g/mol. The lowest BCUT2D eigenvalue weighted by Crippen LogP contribution is -2.30. The summed E-state index contributed by atoms with van der Waals surface area (Å²) in [6, 6.07) is 1.74. The predicted molar refractivity (Wildman–Crippen MR) is 75.8 cm³/mol. The lowest BCUT2D eigenvalue weighted by atomic mass is 9.84. The van der Waals surface area contributed by atoms with Crippen molar-refractivity contribution in [3.05, 3.63) is 22.9 Å². The summed E-state index contributed by atoms with van der Waals surface area (Å²) in [5, 5.41) is 9.56. The largest absolute Gasteiger partial charge is 0.369 e. The Balaban J connectivity index is 2.15. The lowest BCUT2D eigenvalue weighted by molar-refractivity contribution is 0.326. The summed E-state index contributed by atoms with van der Waals surface area (Å²) < 4.78 is 1.36. The number of halogens is 1. The topological polar surface area (TPSA) is 75.1 Å². The van der Waals surface area contributed by atoms with E-state index in [1.54, 1.807) is 6.07 Å². The van der Waals surface area contributed by atoms with Gasteiger partial charge in [0.1, 0.15) is 12.1 Å². The van der Waals surface area contributed by atoms with Crippen LogP contribution in [-0.4, -0.2) is 32.0 Å². The summed E-state index contributed by atoms with van der Waals surface area (Å²) in [6.07, 6.45) is 3.47. The molecule has 2 rings (SSSR count). The van der Waals surface area contributed by atoms with E-state index >= 15 is 0 Å². The maximum atomic E-state index is 11.3. The number of hydrogen-bond donors (Lipinski definition) is 2. The second kappa shape index (κ2) is 5.61. The van der Waals surface area contributed by atoms with Crippen LogP contribution in [0.1, 0.15) is 26.7 Å². The minimum atomic E-state index is -0.286. The molecule has 0 aliphatic carbocycles. The zero-order valence-corrected chi connectivity index (χ0v) is 11.9. The first kappa shape index (κ1) is 13.9. The van der Waals surface area contributed by atoms with Crippen molar-refractivity contribution in [3.8, 4) is 0 Å². The number of anilines is 1. The molecule has 0 saturated carbocycles. The number of aromatic amines is 1. The molecule has 2 heterocycles. The standard InChI is InChI=1S/C12H18ClN5O/c1-3-12(4-2,6-13)7-14-9-5-10-16-17-11(19)18(10)8-15-9/h5,8,14H,3-4,6-7H2,1-2H3,(H,17,19). The maximum Gasteiger partial charge on any atom is 0.348 e. The highest BCUT2D eigenvalue weighted by Crippen LogP contribution is 2.28. The Morgan fingerprint density at radius 2 is 2.21 bits per heavy atom. The number of fused-ring (bicyclic) bond motifs is 1. The van der Waals surface area contributed by atoms with Gasteiger partial charge in [0.05, 0.1) is 0 Å². The van der Waals surface area contributed by atoms with Gasteiger partial charge in [0.25, 0.3) is 0 Å². The van der Waals surface area contributed by atoms with Gasteiger partial charge in [-0.3, -0.25) is 0 Å². The SMILES string of the molecule is CCC(CC)(CCl)CNc1cc2n[nH]c(=O)n2cn1. The molecule has 2 N–H and O–H groups in total. The number of hydrogen-bond acceptors (Lipinski definition) is 4. The maximum absolute atomic E-state index is 11.3. The van der Waals surface area contributed by atoms with Crippen LogP contribution in [0.5, 0.6) is 0 Å². The molecule has 0 aromatic carbocycles. The number of rotatable bonds is 6. The molecule has 0 aliphatic heterocycles. The Morgan fingerprint density at radius 3 is 2.84 bits per heavy atom. The fourth-order valence-electron chi connectivity index (χ4n) is 1.92. The van der Waals surface area contributed by atoms with E-state index in [1.807, 2.05) is 0 Å². The Bertz CT molecular complexity index is 593. The fourth-order valence-corrected chi connectivity index (χ4v) is 2.39. The molecule has 0 spiro atoms. The normalized spacial score (nSPS) is 11.9. The Labute approximate surface area is 116 Å². The van der Waals surface area contributed by atoms with Crippen molar-refractivity contribution in [2.75, 3.05) is 17.7 Å². The predicted octanol–water partition coefficient (Wildman–Crippen LogP) is 1.87. The van der Waals surface area contributed by atoms with Crippen LogP contribution in [0, 0.1) is 5.41 Å². The molecule has 2 aromatic heterocycles. The van der Waals surface area contributed by atoms with Crippen LogP contribution >= 0.6 is 11.6 Å². The van der Waals surface area contributed by atoms with E-state index in [9.17, 15) is 4.79 Å². The first-order valence-corrected chi connectivity index (χ1v) is 6.90. The van der Waals surface area contributed by atoms with Gasteiger partial charge in [-0.05, 0) is 12.8 Å². The van der Waals surface area contributed by atoms with Gasteiger partial charge in [-0.1, -0.05) is 13.8 Å². The summed E-state index contributed by atoms with van der Waals surface area (Å²) in [5.41, 5.74) is 0.332. The number of alkyl halides is 1. The number of aromatic nitrogens is 4. The molecule has 0 aliphatic rings. The summed E-state index contributed by atoms with van der Waals surface area (Å²) in [7, 11) is 0.